The highest BCUT2D eigenvalue weighted by Gasteiger charge is 2.35. The van der Waals surface area contributed by atoms with Gasteiger partial charge >= 0.3 is 0 Å². The number of hydrogen-bond donors (Lipinski definition) is 2. The summed E-state index contributed by atoms with van der Waals surface area (Å²) in [5.74, 6) is 1.12. The molecule has 2 unspecified atom stereocenters. The van der Waals surface area contributed by atoms with Crippen molar-refractivity contribution in [2.75, 3.05) is 32.7 Å². The van der Waals surface area contributed by atoms with Crippen molar-refractivity contribution in [3.05, 3.63) is 71.5 Å². The van der Waals surface area contributed by atoms with Crippen molar-refractivity contribution in [2.24, 2.45) is 11.8 Å². The van der Waals surface area contributed by atoms with Crippen LogP contribution < -0.4 is 5.32 Å². The zero-order chi connectivity index (χ0) is 18.6. The van der Waals surface area contributed by atoms with Gasteiger partial charge in [-0.2, -0.15) is 0 Å². The maximum Gasteiger partial charge on any atom is 0.123 e. The molecule has 4 rings (SSSR count). The molecule has 3 atom stereocenters. The zero-order valence-corrected chi connectivity index (χ0v) is 15.7. The maximum atomic E-state index is 13.1. The predicted molar refractivity (Wildman–Crippen MR) is 106 cm³/mol. The molecule has 2 heterocycles. The van der Waals surface area contributed by atoms with Crippen LogP contribution in [0.25, 0.3) is 0 Å². The van der Waals surface area contributed by atoms with Crippen LogP contribution in [-0.4, -0.2) is 42.7 Å². The first-order valence-electron chi connectivity index (χ1n) is 10.1. The van der Waals surface area contributed by atoms with E-state index in [1.54, 1.807) is 12.1 Å². The minimum atomic E-state index is -0.400. The highest BCUT2D eigenvalue weighted by molar-refractivity contribution is 5.21. The summed E-state index contributed by atoms with van der Waals surface area (Å²) in [7, 11) is 0. The van der Waals surface area contributed by atoms with Crippen LogP contribution in [0.5, 0.6) is 0 Å². The molecule has 0 amide bonds. The fourth-order valence-corrected chi connectivity index (χ4v) is 4.74. The SMILES string of the molecule is OC(c1ccccc1)[C@@H]1CNCC1CN1CCC(c2ccc(F)cc2)CC1. The molecule has 0 bridgehead atoms. The lowest BCUT2D eigenvalue weighted by atomic mass is 9.85. The smallest absolute Gasteiger partial charge is 0.123 e. The summed E-state index contributed by atoms with van der Waals surface area (Å²) in [4.78, 5) is 2.54. The van der Waals surface area contributed by atoms with Crippen molar-refractivity contribution in [2.45, 2.75) is 24.9 Å². The van der Waals surface area contributed by atoms with E-state index < -0.39 is 6.10 Å². The number of rotatable bonds is 5. The van der Waals surface area contributed by atoms with E-state index in [1.165, 1.54) is 5.56 Å². The van der Waals surface area contributed by atoms with Crippen LogP contribution in [0.3, 0.4) is 0 Å². The van der Waals surface area contributed by atoms with Crippen LogP contribution in [0.2, 0.25) is 0 Å². The number of aliphatic hydroxyl groups is 1. The number of hydrogen-bond acceptors (Lipinski definition) is 3. The summed E-state index contributed by atoms with van der Waals surface area (Å²) >= 11 is 0. The normalized spacial score (nSPS) is 25.6. The Morgan fingerprint density at radius 1 is 1.00 bits per heavy atom. The van der Waals surface area contributed by atoms with E-state index in [4.69, 9.17) is 0 Å². The average molecular weight is 368 g/mol. The Hall–Kier alpha value is -1.75. The van der Waals surface area contributed by atoms with Crippen molar-refractivity contribution in [1.82, 2.24) is 10.2 Å². The minimum absolute atomic E-state index is 0.159. The van der Waals surface area contributed by atoms with E-state index in [2.05, 4.69) is 10.2 Å². The number of likely N-dealkylation sites (tertiary alicyclic amines) is 1. The van der Waals surface area contributed by atoms with Gasteiger partial charge in [0.1, 0.15) is 5.82 Å². The van der Waals surface area contributed by atoms with Gasteiger partial charge in [-0.15, -0.1) is 0 Å². The van der Waals surface area contributed by atoms with Gasteiger partial charge in [0, 0.05) is 19.0 Å². The van der Waals surface area contributed by atoms with Gasteiger partial charge in [-0.05, 0) is 67.6 Å². The molecule has 4 heteroatoms. The lowest BCUT2D eigenvalue weighted by molar-refractivity contribution is 0.0750. The van der Waals surface area contributed by atoms with Crippen molar-refractivity contribution in [3.63, 3.8) is 0 Å². The Morgan fingerprint density at radius 2 is 1.70 bits per heavy atom. The summed E-state index contributed by atoms with van der Waals surface area (Å²) in [6.45, 7) is 5.05. The standard InChI is InChI=1S/C23H29FN2O/c24-21-8-6-17(7-9-21)18-10-12-26(13-11-18)16-20-14-25-15-22(20)23(27)19-4-2-1-3-5-19/h1-9,18,20,22-23,25,27H,10-16H2/t20?,22-,23?/m1/s1. The van der Waals surface area contributed by atoms with Gasteiger partial charge in [-0.25, -0.2) is 4.39 Å². The highest BCUT2D eigenvalue weighted by Crippen LogP contribution is 2.33. The Kier molecular flexibility index (Phi) is 5.86. The number of benzene rings is 2. The van der Waals surface area contributed by atoms with Crippen LogP contribution in [-0.2, 0) is 0 Å². The zero-order valence-electron chi connectivity index (χ0n) is 15.7. The fraction of sp³-hybridized carbons (Fsp3) is 0.478. The average Bonchev–Trinajstić information content (AvgIpc) is 3.17. The Morgan fingerprint density at radius 3 is 2.41 bits per heavy atom. The molecule has 27 heavy (non-hydrogen) atoms. The highest BCUT2D eigenvalue weighted by atomic mass is 19.1. The number of halogens is 1. The number of aliphatic hydroxyl groups excluding tert-OH is 1. The molecule has 2 aliphatic rings. The van der Waals surface area contributed by atoms with Gasteiger partial charge in [-0.3, -0.25) is 0 Å². The second-order valence-electron chi connectivity index (χ2n) is 8.06. The molecule has 2 N–H and O–H groups in total. The molecule has 2 aromatic carbocycles. The fourth-order valence-electron chi connectivity index (χ4n) is 4.74. The molecule has 0 spiro atoms. The monoisotopic (exact) mass is 368 g/mol. The van der Waals surface area contributed by atoms with E-state index >= 15 is 0 Å². The van der Waals surface area contributed by atoms with Gasteiger partial charge in [-0.1, -0.05) is 42.5 Å². The lowest BCUT2D eigenvalue weighted by Crippen LogP contribution is -2.39. The Labute approximate surface area is 161 Å². The number of nitrogens with zero attached hydrogens (tertiary/aromatic N) is 1. The summed E-state index contributed by atoms with van der Waals surface area (Å²) in [5, 5.41) is 14.3. The van der Waals surface area contributed by atoms with Crippen LogP contribution in [0.1, 0.15) is 36.0 Å². The van der Waals surface area contributed by atoms with Crippen molar-refractivity contribution >= 4 is 0 Å². The molecule has 0 saturated carbocycles. The molecule has 3 nitrogen and oxygen atoms in total. The lowest BCUT2D eigenvalue weighted by Gasteiger charge is -2.35. The van der Waals surface area contributed by atoms with E-state index in [0.29, 0.717) is 11.8 Å². The second-order valence-corrected chi connectivity index (χ2v) is 8.06. The van der Waals surface area contributed by atoms with Gasteiger partial charge < -0.3 is 15.3 Å². The van der Waals surface area contributed by atoms with E-state index in [1.807, 2.05) is 42.5 Å². The topological polar surface area (TPSA) is 35.5 Å². The number of piperidine rings is 1. The van der Waals surface area contributed by atoms with Crippen LogP contribution >= 0.6 is 0 Å². The molecule has 0 aromatic heterocycles. The van der Waals surface area contributed by atoms with Gasteiger partial charge in [0.05, 0.1) is 6.10 Å². The largest absolute Gasteiger partial charge is 0.388 e. The molecule has 2 aliphatic heterocycles. The van der Waals surface area contributed by atoms with Crippen LogP contribution in [0.4, 0.5) is 4.39 Å². The third kappa shape index (κ3) is 4.40. The van der Waals surface area contributed by atoms with E-state index in [-0.39, 0.29) is 11.7 Å². The predicted octanol–water partition coefficient (Wildman–Crippen LogP) is 3.57. The summed E-state index contributed by atoms with van der Waals surface area (Å²) in [6, 6.07) is 17.0. The maximum absolute atomic E-state index is 13.1. The quantitative estimate of drug-likeness (QED) is 0.847. The molecular weight excluding hydrogens is 339 g/mol. The van der Waals surface area contributed by atoms with Crippen LogP contribution in [0.15, 0.2) is 54.6 Å². The van der Waals surface area contributed by atoms with Gasteiger partial charge in [0.2, 0.25) is 0 Å². The van der Waals surface area contributed by atoms with Crippen molar-refractivity contribution in [3.8, 4) is 0 Å². The molecule has 0 aliphatic carbocycles. The number of nitrogens with one attached hydrogen (secondary N) is 1. The first-order valence-corrected chi connectivity index (χ1v) is 10.1. The molecule has 144 valence electrons. The molecule has 2 aromatic rings. The molecule has 2 fully saturated rings. The van der Waals surface area contributed by atoms with Gasteiger partial charge in [0.15, 0.2) is 0 Å². The van der Waals surface area contributed by atoms with Crippen molar-refractivity contribution in [1.29, 1.82) is 0 Å². The first-order chi connectivity index (χ1) is 13.2. The van der Waals surface area contributed by atoms with Gasteiger partial charge in [0.25, 0.3) is 0 Å². The molecule has 2 saturated heterocycles. The molecule has 0 radical (unpaired) electrons. The summed E-state index contributed by atoms with van der Waals surface area (Å²) < 4.78 is 13.1. The Balaban J connectivity index is 1.32. The molecular formula is C23H29FN2O. The first kappa shape index (κ1) is 18.6. The Bertz CT molecular complexity index is 713. The van der Waals surface area contributed by atoms with Crippen LogP contribution in [0, 0.1) is 17.7 Å². The van der Waals surface area contributed by atoms with Crippen molar-refractivity contribution < 1.29 is 9.50 Å². The summed E-state index contributed by atoms with van der Waals surface area (Å²) in [6.07, 6.45) is 1.85. The third-order valence-corrected chi connectivity index (χ3v) is 6.36. The van der Waals surface area contributed by atoms with E-state index in [0.717, 1.165) is 51.1 Å². The van der Waals surface area contributed by atoms with E-state index in [9.17, 15) is 9.50 Å². The summed E-state index contributed by atoms with van der Waals surface area (Å²) in [5.41, 5.74) is 2.28. The minimum Gasteiger partial charge on any atom is -0.388 e. The second kappa shape index (κ2) is 8.51. The third-order valence-electron chi connectivity index (χ3n) is 6.36.